The van der Waals surface area contributed by atoms with Gasteiger partial charge in [0.15, 0.2) is 16.6 Å². The van der Waals surface area contributed by atoms with E-state index >= 15 is 0 Å². The van der Waals surface area contributed by atoms with E-state index in [9.17, 15) is 0 Å². The quantitative estimate of drug-likeness (QED) is 0.487. The van der Waals surface area contributed by atoms with Gasteiger partial charge in [-0.1, -0.05) is 30.3 Å². The van der Waals surface area contributed by atoms with E-state index in [0.717, 1.165) is 11.1 Å². The van der Waals surface area contributed by atoms with Crippen molar-refractivity contribution in [3.63, 3.8) is 0 Å². The second-order valence-corrected chi connectivity index (χ2v) is 4.86. The van der Waals surface area contributed by atoms with Crippen molar-refractivity contribution in [3.05, 3.63) is 59.7 Å². The molecule has 0 unspecified atom stereocenters. The summed E-state index contributed by atoms with van der Waals surface area (Å²) in [6.45, 7) is 0.480. The third kappa shape index (κ3) is 4.75. The summed E-state index contributed by atoms with van der Waals surface area (Å²) in [7, 11) is 1.60. The zero-order chi connectivity index (χ0) is 15.8. The smallest absolute Gasteiger partial charge is 0.184 e. The lowest BCUT2D eigenvalue weighted by Crippen LogP contribution is -2.23. The van der Waals surface area contributed by atoms with E-state index in [-0.39, 0.29) is 5.11 Å². The van der Waals surface area contributed by atoms with Crippen molar-refractivity contribution in [1.29, 1.82) is 0 Å². The second-order valence-electron chi connectivity index (χ2n) is 4.42. The van der Waals surface area contributed by atoms with E-state index < -0.39 is 0 Å². The number of methoxy groups -OCH3 is 1. The number of benzene rings is 2. The molecule has 2 aromatic rings. The summed E-state index contributed by atoms with van der Waals surface area (Å²) in [5, 5.41) is 4.02. The molecule has 114 valence electrons. The highest BCUT2D eigenvalue weighted by molar-refractivity contribution is 7.80. The maximum absolute atomic E-state index is 5.79. The molecule has 0 spiro atoms. The van der Waals surface area contributed by atoms with Crippen LogP contribution in [0.2, 0.25) is 0 Å². The second kappa shape index (κ2) is 7.99. The first kappa shape index (κ1) is 15.8. The summed E-state index contributed by atoms with van der Waals surface area (Å²) in [4.78, 5) is 0. The maximum Gasteiger partial charge on any atom is 0.184 e. The van der Waals surface area contributed by atoms with E-state index in [1.165, 1.54) is 0 Å². The summed E-state index contributed by atoms with van der Waals surface area (Å²) in [6.07, 6.45) is 1.60. The van der Waals surface area contributed by atoms with Crippen LogP contribution in [0.5, 0.6) is 11.5 Å². The van der Waals surface area contributed by atoms with E-state index in [1.54, 1.807) is 13.3 Å². The largest absolute Gasteiger partial charge is 0.493 e. The molecule has 0 heterocycles. The van der Waals surface area contributed by atoms with Gasteiger partial charge >= 0.3 is 0 Å². The average molecular weight is 315 g/mol. The predicted octanol–water partition coefficient (Wildman–Crippen LogP) is 2.44. The lowest BCUT2D eigenvalue weighted by molar-refractivity contribution is 0.284. The van der Waals surface area contributed by atoms with Crippen LogP contribution in [0.15, 0.2) is 53.6 Å². The number of hydrogen-bond donors (Lipinski definition) is 2. The minimum Gasteiger partial charge on any atom is -0.493 e. The first-order valence-electron chi connectivity index (χ1n) is 6.62. The number of thiocarbonyl (C=S) groups is 1. The zero-order valence-corrected chi connectivity index (χ0v) is 13.0. The fraction of sp³-hybridized carbons (Fsp3) is 0.125. The van der Waals surface area contributed by atoms with Gasteiger partial charge in [0.2, 0.25) is 0 Å². The molecule has 0 aliphatic rings. The van der Waals surface area contributed by atoms with Crippen molar-refractivity contribution in [1.82, 2.24) is 5.43 Å². The summed E-state index contributed by atoms with van der Waals surface area (Å²) in [6, 6.07) is 15.5. The van der Waals surface area contributed by atoms with Gasteiger partial charge in [0.1, 0.15) is 6.61 Å². The first-order chi connectivity index (χ1) is 10.7. The summed E-state index contributed by atoms with van der Waals surface area (Å²) >= 11 is 4.67. The number of nitrogens with zero attached hydrogens (tertiary/aromatic N) is 1. The van der Waals surface area contributed by atoms with Gasteiger partial charge in [-0.05, 0) is 41.5 Å². The fourth-order valence-corrected chi connectivity index (χ4v) is 1.84. The molecule has 0 aliphatic heterocycles. The van der Waals surface area contributed by atoms with Crippen LogP contribution in [-0.2, 0) is 6.61 Å². The van der Waals surface area contributed by atoms with Gasteiger partial charge in [-0.15, -0.1) is 0 Å². The number of ether oxygens (including phenoxy) is 2. The van der Waals surface area contributed by atoms with Crippen LogP contribution in [0.25, 0.3) is 0 Å². The third-order valence-electron chi connectivity index (χ3n) is 2.81. The van der Waals surface area contributed by atoms with E-state index in [1.807, 2.05) is 48.5 Å². The lowest BCUT2D eigenvalue weighted by atomic mass is 10.2. The Hall–Kier alpha value is -2.60. The molecular formula is C16H17N3O2S. The Balaban J connectivity index is 2.05. The standard InChI is InChI=1S/C16H17N3O2S/c1-20-15-9-13(10-18-19-16(17)22)7-8-14(15)21-11-12-5-3-2-4-6-12/h2-10H,11H2,1H3,(H3,17,19,22)/b18-10+. The van der Waals surface area contributed by atoms with Crippen LogP contribution in [0.1, 0.15) is 11.1 Å². The van der Waals surface area contributed by atoms with Crippen molar-refractivity contribution < 1.29 is 9.47 Å². The highest BCUT2D eigenvalue weighted by Gasteiger charge is 2.05. The van der Waals surface area contributed by atoms with Gasteiger partial charge in [-0.3, -0.25) is 5.43 Å². The van der Waals surface area contributed by atoms with Crippen molar-refractivity contribution in [2.24, 2.45) is 10.8 Å². The molecule has 0 aliphatic carbocycles. The molecule has 0 radical (unpaired) electrons. The highest BCUT2D eigenvalue weighted by atomic mass is 32.1. The molecular weight excluding hydrogens is 298 g/mol. The van der Waals surface area contributed by atoms with E-state index in [0.29, 0.717) is 18.1 Å². The molecule has 6 heteroatoms. The van der Waals surface area contributed by atoms with Gasteiger partial charge in [0.25, 0.3) is 0 Å². The first-order valence-corrected chi connectivity index (χ1v) is 7.03. The van der Waals surface area contributed by atoms with Crippen LogP contribution < -0.4 is 20.6 Å². The summed E-state index contributed by atoms with van der Waals surface area (Å²) in [5.74, 6) is 1.31. The molecule has 0 atom stereocenters. The average Bonchev–Trinajstić information content (AvgIpc) is 2.54. The zero-order valence-electron chi connectivity index (χ0n) is 12.2. The number of nitrogens with two attached hydrogens (primary N) is 1. The van der Waals surface area contributed by atoms with E-state index in [4.69, 9.17) is 15.2 Å². The van der Waals surface area contributed by atoms with Gasteiger partial charge in [0.05, 0.1) is 13.3 Å². The number of rotatable bonds is 6. The minimum absolute atomic E-state index is 0.117. The highest BCUT2D eigenvalue weighted by Crippen LogP contribution is 2.28. The summed E-state index contributed by atoms with van der Waals surface area (Å²) < 4.78 is 11.1. The molecule has 2 aromatic carbocycles. The number of hydrazone groups is 1. The Morgan fingerprint density at radius 3 is 2.68 bits per heavy atom. The SMILES string of the molecule is COc1cc(/C=N/NC(N)=S)ccc1OCc1ccccc1. The molecule has 0 aromatic heterocycles. The molecule has 3 N–H and O–H groups in total. The van der Waals surface area contributed by atoms with Crippen LogP contribution in [0.4, 0.5) is 0 Å². The fourth-order valence-electron chi connectivity index (χ4n) is 1.79. The number of hydrogen-bond acceptors (Lipinski definition) is 4. The number of nitrogens with one attached hydrogen (secondary N) is 1. The van der Waals surface area contributed by atoms with Gasteiger partial charge in [0, 0.05) is 0 Å². The van der Waals surface area contributed by atoms with Gasteiger partial charge in [-0.2, -0.15) is 5.10 Å². The Bertz CT molecular complexity index is 660. The summed E-state index contributed by atoms with van der Waals surface area (Å²) in [5.41, 5.74) is 9.73. The van der Waals surface area contributed by atoms with Crippen LogP contribution in [0.3, 0.4) is 0 Å². The molecule has 2 rings (SSSR count). The van der Waals surface area contributed by atoms with E-state index in [2.05, 4.69) is 22.7 Å². The Morgan fingerprint density at radius 1 is 1.23 bits per heavy atom. The van der Waals surface area contributed by atoms with Crippen molar-refractivity contribution in [2.75, 3.05) is 7.11 Å². The van der Waals surface area contributed by atoms with Crippen molar-refractivity contribution >= 4 is 23.5 Å². The Morgan fingerprint density at radius 2 is 2.00 bits per heavy atom. The van der Waals surface area contributed by atoms with Crippen LogP contribution in [-0.4, -0.2) is 18.4 Å². The molecule has 0 bridgehead atoms. The third-order valence-corrected chi connectivity index (χ3v) is 2.90. The normalized spacial score (nSPS) is 10.4. The molecule has 0 fully saturated rings. The molecule has 0 saturated carbocycles. The maximum atomic E-state index is 5.79. The topological polar surface area (TPSA) is 68.9 Å². The van der Waals surface area contributed by atoms with Crippen LogP contribution >= 0.6 is 12.2 Å². The van der Waals surface area contributed by atoms with Gasteiger partial charge < -0.3 is 15.2 Å². The monoisotopic (exact) mass is 315 g/mol. The van der Waals surface area contributed by atoms with Gasteiger partial charge in [-0.25, -0.2) is 0 Å². The van der Waals surface area contributed by atoms with Crippen LogP contribution in [0, 0.1) is 0 Å². The molecule has 0 amide bonds. The Labute approximate surface area is 134 Å². The molecule has 22 heavy (non-hydrogen) atoms. The molecule has 0 saturated heterocycles. The minimum atomic E-state index is 0.117. The van der Waals surface area contributed by atoms with Crippen molar-refractivity contribution in [3.8, 4) is 11.5 Å². The molecule has 5 nitrogen and oxygen atoms in total. The van der Waals surface area contributed by atoms with Crippen molar-refractivity contribution in [2.45, 2.75) is 6.61 Å². The Kier molecular flexibility index (Phi) is 5.73. The lowest BCUT2D eigenvalue weighted by Gasteiger charge is -2.11. The predicted molar refractivity (Wildman–Crippen MR) is 91.3 cm³/mol.